The van der Waals surface area contributed by atoms with E-state index in [4.69, 9.17) is 4.99 Å². The Kier molecular flexibility index (Phi) is 5.22. The summed E-state index contributed by atoms with van der Waals surface area (Å²) >= 11 is 1.40. The SMILES string of the molecule is Cc1ccc(N=C2S[C@H](CC(=O)Nc3ccc(C)cc3)C(=O)N2C2CC2)cc1. The van der Waals surface area contributed by atoms with Crippen LogP contribution in [0.3, 0.4) is 0 Å². The second kappa shape index (κ2) is 7.80. The summed E-state index contributed by atoms with van der Waals surface area (Å²) in [6, 6.07) is 15.8. The smallest absolute Gasteiger partial charge is 0.242 e. The summed E-state index contributed by atoms with van der Waals surface area (Å²) in [4.78, 5) is 31.9. The highest BCUT2D eigenvalue weighted by atomic mass is 32.2. The molecule has 1 N–H and O–H groups in total. The van der Waals surface area contributed by atoms with Crippen molar-refractivity contribution in [3.05, 3.63) is 59.7 Å². The molecule has 0 spiro atoms. The lowest BCUT2D eigenvalue weighted by Crippen LogP contribution is -2.35. The van der Waals surface area contributed by atoms with Crippen molar-refractivity contribution in [3.8, 4) is 0 Å². The van der Waals surface area contributed by atoms with Crippen LogP contribution in [-0.4, -0.2) is 33.2 Å². The fourth-order valence-electron chi connectivity index (χ4n) is 3.11. The van der Waals surface area contributed by atoms with Crippen LogP contribution in [0.4, 0.5) is 11.4 Å². The molecule has 1 aliphatic heterocycles. The second-order valence-corrected chi connectivity index (χ2v) is 8.56. The number of nitrogens with zero attached hydrogens (tertiary/aromatic N) is 2. The number of hydrogen-bond donors (Lipinski definition) is 1. The normalized spacial score (nSPS) is 20.6. The molecule has 1 saturated heterocycles. The van der Waals surface area contributed by atoms with Crippen molar-refractivity contribution in [1.82, 2.24) is 4.90 Å². The summed E-state index contributed by atoms with van der Waals surface area (Å²) in [5.41, 5.74) is 3.88. The van der Waals surface area contributed by atoms with Gasteiger partial charge in [0, 0.05) is 18.2 Å². The molecule has 2 aromatic rings. The van der Waals surface area contributed by atoms with E-state index >= 15 is 0 Å². The Morgan fingerprint density at radius 3 is 2.29 bits per heavy atom. The Labute approximate surface area is 169 Å². The molecular weight excluding hydrogens is 370 g/mol. The van der Waals surface area contributed by atoms with Crippen LogP contribution in [0, 0.1) is 13.8 Å². The van der Waals surface area contributed by atoms with Gasteiger partial charge in [0.1, 0.15) is 5.25 Å². The van der Waals surface area contributed by atoms with Crippen LogP contribution in [0.1, 0.15) is 30.4 Å². The molecule has 1 atom stereocenters. The van der Waals surface area contributed by atoms with Crippen LogP contribution in [0.2, 0.25) is 0 Å². The van der Waals surface area contributed by atoms with Gasteiger partial charge in [0.25, 0.3) is 0 Å². The maximum absolute atomic E-state index is 12.9. The third-order valence-electron chi connectivity index (χ3n) is 4.84. The molecule has 1 heterocycles. The standard InChI is InChI=1S/C22H23N3O2S/c1-14-3-7-16(8-4-14)23-20(26)13-19-21(27)25(18-11-12-18)22(28-19)24-17-9-5-15(2)6-10-17/h3-10,18-19H,11-13H2,1-2H3,(H,23,26)/t19-/m1/s1. The first-order valence-corrected chi connectivity index (χ1v) is 10.4. The minimum absolute atomic E-state index is 0.00239. The van der Waals surface area contributed by atoms with Crippen molar-refractivity contribution in [2.24, 2.45) is 4.99 Å². The van der Waals surface area contributed by atoms with E-state index in [-0.39, 0.29) is 24.3 Å². The van der Waals surface area contributed by atoms with Gasteiger partial charge in [-0.05, 0) is 51.0 Å². The molecule has 1 aliphatic carbocycles. The lowest BCUT2D eigenvalue weighted by molar-refractivity contribution is -0.128. The monoisotopic (exact) mass is 393 g/mol. The van der Waals surface area contributed by atoms with E-state index in [1.54, 1.807) is 4.90 Å². The number of amidine groups is 1. The predicted molar refractivity (Wildman–Crippen MR) is 114 cm³/mol. The Balaban J connectivity index is 1.47. The molecule has 2 aromatic carbocycles. The fourth-order valence-corrected chi connectivity index (χ4v) is 4.32. The van der Waals surface area contributed by atoms with E-state index in [1.807, 2.05) is 62.4 Å². The number of amides is 2. The van der Waals surface area contributed by atoms with E-state index in [9.17, 15) is 9.59 Å². The topological polar surface area (TPSA) is 61.8 Å². The van der Waals surface area contributed by atoms with Gasteiger partial charge in [-0.2, -0.15) is 0 Å². The highest BCUT2D eigenvalue weighted by Gasteiger charge is 2.46. The first kappa shape index (κ1) is 18.7. The van der Waals surface area contributed by atoms with E-state index in [0.29, 0.717) is 5.17 Å². The average Bonchev–Trinajstić information content (AvgIpc) is 3.45. The number of hydrogen-bond acceptors (Lipinski definition) is 4. The summed E-state index contributed by atoms with van der Waals surface area (Å²) in [5.74, 6) is -0.153. The third-order valence-corrected chi connectivity index (χ3v) is 6.00. The number of carbonyl (C=O) groups is 2. The Morgan fingerprint density at radius 2 is 1.68 bits per heavy atom. The molecular formula is C22H23N3O2S. The van der Waals surface area contributed by atoms with Gasteiger partial charge in [-0.15, -0.1) is 0 Å². The molecule has 0 bridgehead atoms. The van der Waals surface area contributed by atoms with Gasteiger partial charge >= 0.3 is 0 Å². The van der Waals surface area contributed by atoms with Crippen molar-refractivity contribution >= 4 is 40.1 Å². The summed E-state index contributed by atoms with van der Waals surface area (Å²) < 4.78 is 0. The minimum Gasteiger partial charge on any atom is -0.326 e. The zero-order chi connectivity index (χ0) is 19.7. The molecule has 144 valence electrons. The largest absolute Gasteiger partial charge is 0.326 e. The molecule has 1 saturated carbocycles. The first-order chi connectivity index (χ1) is 13.5. The molecule has 6 heteroatoms. The highest BCUT2D eigenvalue weighted by molar-refractivity contribution is 8.15. The molecule has 4 rings (SSSR count). The number of rotatable bonds is 5. The number of carbonyl (C=O) groups excluding carboxylic acids is 2. The zero-order valence-electron chi connectivity index (χ0n) is 16.0. The predicted octanol–water partition coefficient (Wildman–Crippen LogP) is 4.43. The molecule has 2 fully saturated rings. The van der Waals surface area contributed by atoms with Crippen LogP contribution >= 0.6 is 11.8 Å². The number of nitrogens with one attached hydrogen (secondary N) is 1. The van der Waals surface area contributed by atoms with Gasteiger partial charge in [-0.1, -0.05) is 47.2 Å². The van der Waals surface area contributed by atoms with E-state index in [2.05, 4.69) is 5.32 Å². The average molecular weight is 394 g/mol. The maximum atomic E-state index is 12.9. The van der Waals surface area contributed by atoms with Crippen LogP contribution in [0.25, 0.3) is 0 Å². The minimum atomic E-state index is -0.421. The highest BCUT2D eigenvalue weighted by Crippen LogP contribution is 2.39. The fraction of sp³-hybridized carbons (Fsp3) is 0.318. The van der Waals surface area contributed by atoms with Crippen molar-refractivity contribution in [2.45, 2.75) is 44.4 Å². The van der Waals surface area contributed by atoms with Gasteiger partial charge in [-0.3, -0.25) is 14.5 Å². The molecule has 2 amide bonds. The van der Waals surface area contributed by atoms with Crippen molar-refractivity contribution in [1.29, 1.82) is 0 Å². The molecule has 28 heavy (non-hydrogen) atoms. The summed E-state index contributed by atoms with van der Waals surface area (Å²) in [6.07, 6.45) is 2.15. The Bertz CT molecular complexity index is 918. The van der Waals surface area contributed by atoms with Crippen molar-refractivity contribution in [2.75, 3.05) is 5.32 Å². The number of benzene rings is 2. The summed E-state index contributed by atoms with van der Waals surface area (Å²) in [6.45, 7) is 4.03. The van der Waals surface area contributed by atoms with Gasteiger partial charge in [0.2, 0.25) is 11.8 Å². The number of anilines is 1. The van der Waals surface area contributed by atoms with Crippen LogP contribution in [0.15, 0.2) is 53.5 Å². The van der Waals surface area contributed by atoms with Gasteiger partial charge in [-0.25, -0.2) is 4.99 Å². The van der Waals surface area contributed by atoms with E-state index in [1.165, 1.54) is 17.3 Å². The van der Waals surface area contributed by atoms with Crippen LogP contribution in [-0.2, 0) is 9.59 Å². The van der Waals surface area contributed by atoms with Gasteiger partial charge < -0.3 is 5.32 Å². The lowest BCUT2D eigenvalue weighted by Gasteiger charge is -2.15. The van der Waals surface area contributed by atoms with E-state index in [0.717, 1.165) is 29.8 Å². The van der Waals surface area contributed by atoms with Crippen molar-refractivity contribution in [3.63, 3.8) is 0 Å². The van der Waals surface area contributed by atoms with Gasteiger partial charge in [0.15, 0.2) is 5.17 Å². The Hall–Kier alpha value is -2.60. The molecule has 0 radical (unpaired) electrons. The van der Waals surface area contributed by atoms with Gasteiger partial charge in [0.05, 0.1) is 5.69 Å². The molecule has 2 aliphatic rings. The molecule has 0 aromatic heterocycles. The van der Waals surface area contributed by atoms with Crippen molar-refractivity contribution < 1.29 is 9.59 Å². The molecule has 5 nitrogen and oxygen atoms in total. The first-order valence-electron chi connectivity index (χ1n) is 9.51. The van der Waals surface area contributed by atoms with Crippen LogP contribution < -0.4 is 5.32 Å². The van der Waals surface area contributed by atoms with Crippen LogP contribution in [0.5, 0.6) is 0 Å². The number of thioether (sulfide) groups is 1. The third kappa shape index (κ3) is 4.28. The summed E-state index contributed by atoms with van der Waals surface area (Å²) in [7, 11) is 0. The second-order valence-electron chi connectivity index (χ2n) is 7.39. The zero-order valence-corrected chi connectivity index (χ0v) is 16.8. The molecule has 0 unspecified atom stereocenters. The van der Waals surface area contributed by atoms with E-state index < -0.39 is 5.25 Å². The Morgan fingerprint density at radius 1 is 1.07 bits per heavy atom. The number of aliphatic imine (C=N–C) groups is 1. The maximum Gasteiger partial charge on any atom is 0.242 e. The summed E-state index contributed by atoms with van der Waals surface area (Å²) in [5, 5.41) is 3.18. The lowest BCUT2D eigenvalue weighted by atomic mass is 10.2. The number of aryl methyl sites for hydroxylation is 2. The quantitative estimate of drug-likeness (QED) is 0.818.